The quantitative estimate of drug-likeness (QED) is 0.201. The molecule has 9 heteroatoms. The zero-order chi connectivity index (χ0) is 26.4. The first kappa shape index (κ1) is 26.0. The molecule has 0 bridgehead atoms. The number of furan rings is 1. The van der Waals surface area contributed by atoms with E-state index < -0.39 is 17.8 Å². The number of rotatable bonds is 10. The van der Waals surface area contributed by atoms with Gasteiger partial charge in [0.25, 0.3) is 11.8 Å². The minimum Gasteiger partial charge on any atom is -0.490 e. The van der Waals surface area contributed by atoms with Gasteiger partial charge in [-0.05, 0) is 66.9 Å². The highest BCUT2D eigenvalue weighted by atomic mass is 79.9. The number of carbonyl (C=O) groups is 3. The first-order valence-corrected chi connectivity index (χ1v) is 12.4. The molecule has 0 unspecified atom stereocenters. The van der Waals surface area contributed by atoms with Crippen molar-refractivity contribution >= 4 is 39.9 Å². The van der Waals surface area contributed by atoms with Crippen LogP contribution in [0.5, 0.6) is 11.5 Å². The first-order valence-electron chi connectivity index (χ1n) is 11.6. The van der Waals surface area contributed by atoms with Gasteiger partial charge in [-0.2, -0.15) is 0 Å². The van der Waals surface area contributed by atoms with Crippen molar-refractivity contribution in [3.63, 3.8) is 0 Å². The topological polar surface area (TPSA) is 98.1 Å². The molecule has 4 amide bonds. The van der Waals surface area contributed by atoms with Crippen molar-refractivity contribution in [2.45, 2.75) is 26.5 Å². The van der Waals surface area contributed by atoms with Gasteiger partial charge in [-0.25, -0.2) is 4.79 Å². The Labute approximate surface area is 222 Å². The lowest BCUT2D eigenvalue weighted by Gasteiger charge is -2.25. The largest absolute Gasteiger partial charge is 0.490 e. The molecule has 1 aromatic heterocycles. The van der Waals surface area contributed by atoms with E-state index in [1.54, 1.807) is 24.3 Å². The Balaban J connectivity index is 1.67. The van der Waals surface area contributed by atoms with E-state index in [1.807, 2.05) is 37.3 Å². The Bertz CT molecular complexity index is 1350. The standard InChI is InChI=1S/C28H25BrN2O6/c1-3-6-20-13-19(15-24(35-4-2)25(20)37-17-18-8-10-21(29)11-9-18)14-23-26(32)30-28(34)31(27(23)33)16-22-7-5-12-36-22/h3,5,7-15H,1,4,6,16-17H2,2H3,(H,30,32,34)/b23-14+. The number of nitrogens with zero attached hydrogens (tertiary/aromatic N) is 1. The van der Waals surface area contributed by atoms with Crippen LogP contribution in [-0.4, -0.2) is 29.4 Å². The molecule has 2 aromatic carbocycles. The molecule has 0 radical (unpaired) electrons. The van der Waals surface area contributed by atoms with E-state index in [-0.39, 0.29) is 12.1 Å². The molecule has 0 aliphatic carbocycles. The molecule has 190 valence electrons. The van der Waals surface area contributed by atoms with Crippen molar-refractivity contribution in [3.8, 4) is 11.5 Å². The van der Waals surface area contributed by atoms with Crippen molar-refractivity contribution < 1.29 is 28.3 Å². The van der Waals surface area contributed by atoms with Crippen molar-refractivity contribution in [3.05, 3.63) is 99.9 Å². The minimum atomic E-state index is -0.803. The molecule has 8 nitrogen and oxygen atoms in total. The summed E-state index contributed by atoms with van der Waals surface area (Å²) in [5.74, 6) is -0.0522. The second-order valence-electron chi connectivity index (χ2n) is 8.14. The summed E-state index contributed by atoms with van der Waals surface area (Å²) in [6, 6.07) is 13.8. The number of barbiturate groups is 1. The number of hydrogen-bond acceptors (Lipinski definition) is 6. The Hall–Kier alpha value is -4.11. The van der Waals surface area contributed by atoms with Gasteiger partial charge in [0.15, 0.2) is 11.5 Å². The number of allylic oxidation sites excluding steroid dienone is 1. The molecule has 1 saturated heterocycles. The molecule has 4 rings (SSSR count). The van der Waals surface area contributed by atoms with Crippen LogP contribution in [0.2, 0.25) is 0 Å². The second kappa shape index (κ2) is 11.7. The van der Waals surface area contributed by atoms with Gasteiger partial charge in [0.05, 0.1) is 19.4 Å². The van der Waals surface area contributed by atoms with Gasteiger partial charge in [0.2, 0.25) is 0 Å². The maximum absolute atomic E-state index is 13.1. The zero-order valence-corrected chi connectivity index (χ0v) is 21.7. The average Bonchev–Trinajstić information content (AvgIpc) is 3.39. The third-order valence-corrected chi connectivity index (χ3v) is 6.03. The lowest BCUT2D eigenvalue weighted by molar-refractivity contribution is -0.130. The molecule has 0 spiro atoms. The smallest absolute Gasteiger partial charge is 0.331 e. The normalized spacial score (nSPS) is 14.6. The SMILES string of the molecule is C=CCc1cc(/C=C2\C(=O)NC(=O)N(Cc3ccco3)C2=O)cc(OCC)c1OCc1ccc(Br)cc1. The van der Waals surface area contributed by atoms with Crippen LogP contribution in [0.4, 0.5) is 4.79 Å². The van der Waals surface area contributed by atoms with Crippen LogP contribution in [0.1, 0.15) is 29.4 Å². The van der Waals surface area contributed by atoms with Gasteiger partial charge < -0.3 is 13.9 Å². The molecule has 1 fully saturated rings. The van der Waals surface area contributed by atoms with Gasteiger partial charge in [-0.15, -0.1) is 6.58 Å². The first-order chi connectivity index (χ1) is 17.9. The van der Waals surface area contributed by atoms with E-state index in [1.165, 1.54) is 12.3 Å². The van der Waals surface area contributed by atoms with Gasteiger partial charge in [0, 0.05) is 10.0 Å². The summed E-state index contributed by atoms with van der Waals surface area (Å²) < 4.78 is 18.2. The summed E-state index contributed by atoms with van der Waals surface area (Å²) >= 11 is 3.43. The fourth-order valence-corrected chi connectivity index (χ4v) is 4.06. The van der Waals surface area contributed by atoms with Gasteiger partial charge in [-0.1, -0.05) is 34.1 Å². The highest BCUT2D eigenvalue weighted by Gasteiger charge is 2.36. The van der Waals surface area contributed by atoms with E-state index in [2.05, 4.69) is 27.8 Å². The summed E-state index contributed by atoms with van der Waals surface area (Å²) in [6.07, 6.45) is 5.08. The van der Waals surface area contributed by atoms with Crippen molar-refractivity contribution in [2.75, 3.05) is 6.61 Å². The van der Waals surface area contributed by atoms with E-state index in [9.17, 15) is 14.4 Å². The van der Waals surface area contributed by atoms with Gasteiger partial charge in [0.1, 0.15) is 17.9 Å². The lowest BCUT2D eigenvalue weighted by Crippen LogP contribution is -2.53. The summed E-state index contributed by atoms with van der Waals surface area (Å²) in [7, 11) is 0. The predicted molar refractivity (Wildman–Crippen MR) is 141 cm³/mol. The monoisotopic (exact) mass is 564 g/mol. The molecular weight excluding hydrogens is 540 g/mol. The Kier molecular flexibility index (Phi) is 8.25. The summed E-state index contributed by atoms with van der Waals surface area (Å²) in [6.45, 7) is 6.29. The number of hydrogen-bond donors (Lipinski definition) is 1. The molecule has 0 saturated carbocycles. The third kappa shape index (κ3) is 6.18. The lowest BCUT2D eigenvalue weighted by atomic mass is 10.0. The minimum absolute atomic E-state index is 0.100. The Morgan fingerprint density at radius 3 is 2.57 bits per heavy atom. The number of amides is 4. The number of imide groups is 2. The van der Waals surface area contributed by atoms with Gasteiger partial charge >= 0.3 is 6.03 Å². The second-order valence-corrected chi connectivity index (χ2v) is 9.05. The fraction of sp³-hybridized carbons (Fsp3) is 0.179. The molecule has 2 heterocycles. The fourth-order valence-electron chi connectivity index (χ4n) is 3.80. The Morgan fingerprint density at radius 2 is 1.89 bits per heavy atom. The summed E-state index contributed by atoms with van der Waals surface area (Å²) in [4.78, 5) is 39.0. The van der Waals surface area contributed by atoms with E-state index in [4.69, 9.17) is 13.9 Å². The van der Waals surface area contributed by atoms with E-state index in [0.717, 1.165) is 20.5 Å². The average molecular weight is 565 g/mol. The number of carbonyl (C=O) groups excluding carboxylic acids is 3. The highest BCUT2D eigenvalue weighted by Crippen LogP contribution is 2.35. The maximum Gasteiger partial charge on any atom is 0.331 e. The summed E-state index contributed by atoms with van der Waals surface area (Å²) in [5, 5.41) is 2.22. The highest BCUT2D eigenvalue weighted by molar-refractivity contribution is 9.10. The van der Waals surface area contributed by atoms with Crippen LogP contribution in [0, 0.1) is 0 Å². The molecular formula is C28H25BrN2O6. The van der Waals surface area contributed by atoms with Crippen LogP contribution in [0.3, 0.4) is 0 Å². The van der Waals surface area contributed by atoms with Crippen LogP contribution in [0.25, 0.3) is 6.08 Å². The number of urea groups is 1. The molecule has 1 aliphatic heterocycles. The van der Waals surface area contributed by atoms with Crippen molar-refractivity contribution in [1.82, 2.24) is 10.2 Å². The third-order valence-electron chi connectivity index (χ3n) is 5.51. The van der Waals surface area contributed by atoms with Crippen molar-refractivity contribution in [2.24, 2.45) is 0 Å². The van der Waals surface area contributed by atoms with E-state index in [0.29, 0.717) is 42.5 Å². The molecule has 1 aliphatic rings. The van der Waals surface area contributed by atoms with Crippen molar-refractivity contribution in [1.29, 1.82) is 0 Å². The predicted octanol–water partition coefficient (Wildman–Crippen LogP) is 5.41. The number of halogens is 1. The van der Waals surface area contributed by atoms with Gasteiger partial charge in [-0.3, -0.25) is 19.8 Å². The molecule has 3 aromatic rings. The molecule has 37 heavy (non-hydrogen) atoms. The van der Waals surface area contributed by atoms with Crippen LogP contribution in [-0.2, 0) is 29.2 Å². The number of benzene rings is 2. The van der Waals surface area contributed by atoms with Crippen LogP contribution < -0.4 is 14.8 Å². The summed E-state index contributed by atoms with van der Waals surface area (Å²) in [5.41, 5.74) is 2.12. The van der Waals surface area contributed by atoms with Crippen LogP contribution in [0.15, 0.2) is 81.9 Å². The molecule has 1 N–H and O–H groups in total. The Morgan fingerprint density at radius 1 is 1.11 bits per heavy atom. The maximum atomic E-state index is 13.1. The molecule has 0 atom stereocenters. The number of nitrogens with one attached hydrogen (secondary N) is 1. The van der Waals surface area contributed by atoms with E-state index >= 15 is 0 Å². The number of ether oxygens (including phenoxy) is 2. The van der Waals surface area contributed by atoms with Crippen LogP contribution >= 0.6 is 15.9 Å². The zero-order valence-electron chi connectivity index (χ0n) is 20.2.